The van der Waals surface area contributed by atoms with Crippen molar-refractivity contribution in [3.8, 4) is 0 Å². The van der Waals surface area contributed by atoms with Crippen LogP contribution >= 0.6 is 0 Å². The summed E-state index contributed by atoms with van der Waals surface area (Å²) in [6, 6.07) is 0. The Labute approximate surface area is 186 Å². The molecule has 1 amide bonds. The highest BCUT2D eigenvalue weighted by molar-refractivity contribution is 5.94. The van der Waals surface area contributed by atoms with Crippen LogP contribution in [-0.2, 0) is 4.79 Å². The average Bonchev–Trinajstić information content (AvgIpc) is 3.10. The van der Waals surface area contributed by atoms with Gasteiger partial charge in [0.2, 0.25) is 5.91 Å². The van der Waals surface area contributed by atoms with Crippen molar-refractivity contribution in [2.24, 2.45) is 40.9 Å². The topological polar surface area (TPSA) is 20.3 Å². The molecular weight excluding hydrogens is 366 g/mol. The second-order valence-electron chi connectivity index (χ2n) is 11.5. The monoisotopic (exact) mass is 413 g/mol. The minimum atomic E-state index is 0.382. The third-order valence-electron chi connectivity index (χ3n) is 10.1. The lowest BCUT2D eigenvalue weighted by Gasteiger charge is -2.58. The molecule has 0 aromatic rings. The third-order valence-corrected chi connectivity index (χ3v) is 10.1. The molecule has 4 aliphatic rings. The van der Waals surface area contributed by atoms with E-state index in [1.807, 2.05) is 0 Å². The molecule has 0 saturated heterocycles. The molecule has 0 spiro atoms. The average molecular weight is 414 g/mol. The number of carbonyl (C=O) groups is 1. The highest BCUT2D eigenvalue weighted by Crippen LogP contribution is 2.63. The van der Waals surface area contributed by atoms with Gasteiger partial charge in [0.15, 0.2) is 0 Å². The maximum atomic E-state index is 13.6. The van der Waals surface area contributed by atoms with E-state index in [2.05, 4.69) is 38.7 Å². The fourth-order valence-electron chi connectivity index (χ4n) is 8.24. The summed E-state index contributed by atoms with van der Waals surface area (Å²) in [5, 5.41) is 0. The Kier molecular flexibility index (Phi) is 7.00. The van der Waals surface area contributed by atoms with Crippen molar-refractivity contribution in [1.82, 2.24) is 4.90 Å². The number of hydrogen-bond acceptors (Lipinski definition) is 1. The van der Waals surface area contributed by atoms with Gasteiger partial charge in [-0.3, -0.25) is 4.79 Å². The number of hydrogen-bond donors (Lipinski definition) is 0. The molecule has 0 bridgehead atoms. The predicted molar refractivity (Wildman–Crippen MR) is 126 cm³/mol. The number of nitrogens with zero attached hydrogens (tertiary/aromatic N) is 1. The Morgan fingerprint density at radius 2 is 1.70 bits per heavy atom. The lowest BCUT2D eigenvalue weighted by Crippen LogP contribution is -2.50. The van der Waals surface area contributed by atoms with Gasteiger partial charge in [0.1, 0.15) is 0 Å². The van der Waals surface area contributed by atoms with Crippen molar-refractivity contribution in [3.63, 3.8) is 0 Å². The molecule has 170 valence electrons. The van der Waals surface area contributed by atoms with Gasteiger partial charge in [-0.05, 0) is 92.3 Å². The second-order valence-corrected chi connectivity index (χ2v) is 11.5. The molecule has 0 N–H and O–H groups in total. The molecule has 0 unspecified atom stereocenters. The summed E-state index contributed by atoms with van der Waals surface area (Å²) in [6.07, 6.45) is 18.6. The van der Waals surface area contributed by atoms with Crippen molar-refractivity contribution in [3.05, 3.63) is 11.6 Å². The normalized spacial score (nSPS) is 40.2. The maximum Gasteiger partial charge on any atom is 0.249 e. The van der Waals surface area contributed by atoms with Crippen LogP contribution in [0.15, 0.2) is 11.6 Å². The van der Waals surface area contributed by atoms with Gasteiger partial charge < -0.3 is 4.90 Å². The predicted octanol–water partition coefficient (Wildman–Crippen LogP) is 7.24. The summed E-state index contributed by atoms with van der Waals surface area (Å²) in [4.78, 5) is 15.8. The Bertz CT molecular complexity index is 631. The molecule has 4 rings (SSSR count). The maximum absolute atomic E-state index is 13.6. The van der Waals surface area contributed by atoms with Gasteiger partial charge >= 0.3 is 0 Å². The Balaban J connectivity index is 1.53. The molecule has 7 atom stereocenters. The van der Waals surface area contributed by atoms with Gasteiger partial charge in [-0.25, -0.2) is 0 Å². The Morgan fingerprint density at radius 3 is 2.40 bits per heavy atom. The van der Waals surface area contributed by atoms with Crippen LogP contribution in [0.25, 0.3) is 0 Å². The zero-order valence-corrected chi connectivity index (χ0v) is 20.3. The van der Waals surface area contributed by atoms with E-state index >= 15 is 0 Å². The summed E-state index contributed by atoms with van der Waals surface area (Å²) >= 11 is 0. The first-order valence-electron chi connectivity index (χ1n) is 13.5. The van der Waals surface area contributed by atoms with Gasteiger partial charge in [0, 0.05) is 18.7 Å². The molecule has 0 aromatic carbocycles. The van der Waals surface area contributed by atoms with Gasteiger partial charge in [0.25, 0.3) is 0 Å². The van der Waals surface area contributed by atoms with Crippen LogP contribution in [0.2, 0.25) is 0 Å². The standard InChI is InChI=1S/C28H47NO/c1-5-7-17-29(18-8-6-2)27(30)24-19-25-22(20(24)3)14-15-26-23(25)13-12-21-11-9-10-16-28(21,26)4/h19-23,25-26H,5-18H2,1-4H3/t20-,21+,22-,23-,25+,26-,28-/m0/s1. The SMILES string of the molecule is CCCCN(CCCC)C(=O)C1=C[C@@H]2[C@@H](CC[C@H]3[C@H]2CC[C@H]2CCCC[C@@]23C)[C@@H]1C. The van der Waals surface area contributed by atoms with E-state index in [4.69, 9.17) is 0 Å². The van der Waals surface area contributed by atoms with Crippen molar-refractivity contribution in [1.29, 1.82) is 0 Å². The molecule has 0 heterocycles. The molecule has 0 aliphatic heterocycles. The highest BCUT2D eigenvalue weighted by Gasteiger charge is 2.55. The van der Waals surface area contributed by atoms with Crippen molar-refractivity contribution < 1.29 is 4.79 Å². The van der Waals surface area contributed by atoms with Gasteiger partial charge in [0.05, 0.1) is 0 Å². The van der Waals surface area contributed by atoms with E-state index in [1.54, 1.807) is 0 Å². The van der Waals surface area contributed by atoms with Crippen LogP contribution in [-0.4, -0.2) is 23.9 Å². The van der Waals surface area contributed by atoms with Crippen molar-refractivity contribution in [2.45, 2.75) is 105 Å². The molecule has 4 aliphatic carbocycles. The molecule has 3 saturated carbocycles. The van der Waals surface area contributed by atoms with Crippen LogP contribution in [0.5, 0.6) is 0 Å². The van der Waals surface area contributed by atoms with E-state index in [-0.39, 0.29) is 0 Å². The lowest BCUT2D eigenvalue weighted by molar-refractivity contribution is -0.128. The van der Waals surface area contributed by atoms with E-state index in [9.17, 15) is 4.79 Å². The Hall–Kier alpha value is -0.790. The third kappa shape index (κ3) is 3.90. The highest BCUT2D eigenvalue weighted by atomic mass is 16.2. The summed E-state index contributed by atoms with van der Waals surface area (Å²) < 4.78 is 0. The summed E-state index contributed by atoms with van der Waals surface area (Å²) in [6.45, 7) is 11.4. The van der Waals surface area contributed by atoms with E-state index in [1.165, 1.54) is 69.8 Å². The van der Waals surface area contributed by atoms with E-state index < -0.39 is 0 Å². The summed E-state index contributed by atoms with van der Waals surface area (Å²) in [5.41, 5.74) is 1.78. The van der Waals surface area contributed by atoms with E-state index in [0.717, 1.165) is 49.6 Å². The summed E-state index contributed by atoms with van der Waals surface area (Å²) in [7, 11) is 0. The smallest absolute Gasteiger partial charge is 0.249 e. The first kappa shape index (κ1) is 22.4. The first-order chi connectivity index (χ1) is 14.5. The number of rotatable bonds is 7. The Morgan fingerprint density at radius 1 is 1.00 bits per heavy atom. The van der Waals surface area contributed by atoms with Crippen LogP contribution in [0.3, 0.4) is 0 Å². The number of allylic oxidation sites excluding steroid dienone is 1. The quantitative estimate of drug-likeness (QED) is 0.431. The summed E-state index contributed by atoms with van der Waals surface area (Å²) in [5.74, 6) is 4.98. The second kappa shape index (κ2) is 9.37. The van der Waals surface area contributed by atoms with Crippen LogP contribution in [0.4, 0.5) is 0 Å². The van der Waals surface area contributed by atoms with Crippen LogP contribution in [0.1, 0.15) is 105 Å². The number of carbonyl (C=O) groups excluding carboxylic acids is 1. The number of fused-ring (bicyclic) bond motifs is 5. The minimum absolute atomic E-state index is 0.382. The molecular formula is C28H47NO. The number of amides is 1. The van der Waals surface area contributed by atoms with E-state index in [0.29, 0.717) is 23.2 Å². The molecule has 0 radical (unpaired) electrons. The first-order valence-corrected chi connectivity index (χ1v) is 13.5. The zero-order chi connectivity index (χ0) is 21.3. The van der Waals surface area contributed by atoms with Gasteiger partial charge in [-0.1, -0.05) is 59.5 Å². The molecule has 2 nitrogen and oxygen atoms in total. The minimum Gasteiger partial charge on any atom is -0.339 e. The van der Waals surface area contributed by atoms with Crippen molar-refractivity contribution in [2.75, 3.05) is 13.1 Å². The van der Waals surface area contributed by atoms with Crippen molar-refractivity contribution >= 4 is 5.91 Å². The zero-order valence-electron chi connectivity index (χ0n) is 20.3. The van der Waals surface area contributed by atoms with Gasteiger partial charge in [-0.15, -0.1) is 0 Å². The largest absolute Gasteiger partial charge is 0.339 e. The fraction of sp³-hybridized carbons (Fsp3) is 0.893. The lowest BCUT2D eigenvalue weighted by atomic mass is 9.47. The fourth-order valence-corrected chi connectivity index (χ4v) is 8.24. The molecule has 30 heavy (non-hydrogen) atoms. The van der Waals surface area contributed by atoms with Gasteiger partial charge in [-0.2, -0.15) is 0 Å². The van der Waals surface area contributed by atoms with Crippen LogP contribution in [0, 0.1) is 40.9 Å². The molecule has 0 aromatic heterocycles. The molecule has 2 heteroatoms. The number of unbranched alkanes of at least 4 members (excludes halogenated alkanes) is 2. The molecule has 3 fully saturated rings. The van der Waals surface area contributed by atoms with Crippen LogP contribution < -0.4 is 0 Å².